The van der Waals surface area contributed by atoms with Gasteiger partial charge < -0.3 is 17.8 Å². The summed E-state index contributed by atoms with van der Waals surface area (Å²) in [7, 11) is -8.14. The van der Waals surface area contributed by atoms with Gasteiger partial charge in [-0.25, -0.2) is 29.5 Å². The van der Waals surface area contributed by atoms with Crippen molar-refractivity contribution in [1.29, 1.82) is 0 Å². The lowest BCUT2D eigenvalue weighted by molar-refractivity contribution is -0.142. The lowest BCUT2D eigenvalue weighted by Crippen LogP contribution is -2.41. The molecule has 25 heteroatoms. The number of aromatic nitrogens is 8. The summed E-state index contributed by atoms with van der Waals surface area (Å²) < 4.78 is 88.7. The van der Waals surface area contributed by atoms with E-state index in [0.717, 1.165) is 26.7 Å². The quantitative estimate of drug-likeness (QED) is 0.0307. The van der Waals surface area contributed by atoms with Gasteiger partial charge in [-0.05, 0) is 78.1 Å². The zero-order valence-electron chi connectivity index (χ0n) is 50.7. The molecule has 450 valence electrons. The molecule has 0 spiro atoms. The van der Waals surface area contributed by atoms with Crippen LogP contribution in [0.3, 0.4) is 0 Å². The Bertz CT molecular complexity index is 3840. The lowest BCUT2D eigenvalue weighted by atomic mass is 10.1. The Morgan fingerprint density at radius 2 is 1.10 bits per heavy atom. The van der Waals surface area contributed by atoms with Crippen LogP contribution in [0.1, 0.15) is 122 Å². The Balaban J connectivity index is 0.000000307. The molecule has 0 atom stereocenters. The van der Waals surface area contributed by atoms with Crippen molar-refractivity contribution in [3.05, 3.63) is 130 Å². The van der Waals surface area contributed by atoms with Crippen molar-refractivity contribution in [1.82, 2.24) is 38.2 Å². The SMILES string of the molecule is C#Cc1ccccc1CC.CC(=O)OCc1ccccc1C#Cc1nc2c(=O)n(C)c(=O)n(CC(C)C)c2nc1CO[Si](C)(C)C(C)(C)C.CC(C)Cn1c(=O)n(C)c(=O)c2nc(OS(=O)(=O)C(F)(F)F)c(CO[Si](C)(C)C(C)(C)C)nc21. The number of rotatable bonds is 15. The van der Waals surface area contributed by atoms with E-state index in [1.54, 1.807) is 0 Å². The minimum Gasteiger partial charge on any atom is -0.461 e. The van der Waals surface area contributed by atoms with Gasteiger partial charge in [0.25, 0.3) is 17.0 Å². The first-order chi connectivity index (χ1) is 38.2. The molecule has 19 nitrogen and oxygen atoms in total. The third kappa shape index (κ3) is 17.1. The molecule has 0 radical (unpaired) electrons. The predicted molar refractivity (Wildman–Crippen MR) is 319 cm³/mol. The fourth-order valence-electron chi connectivity index (χ4n) is 7.15. The smallest absolute Gasteiger partial charge is 0.461 e. The molecule has 6 aromatic rings. The molecule has 4 heterocycles. The maximum absolute atomic E-state index is 13.1. The summed E-state index contributed by atoms with van der Waals surface area (Å²) in [5, 5.41) is -0.319. The second kappa shape index (κ2) is 27.1. The van der Waals surface area contributed by atoms with Crippen LogP contribution in [0.5, 0.6) is 5.88 Å². The summed E-state index contributed by atoms with van der Waals surface area (Å²) in [5.74, 6) is 7.51. The van der Waals surface area contributed by atoms with Crippen LogP contribution in [0.25, 0.3) is 22.3 Å². The number of carbonyl (C=O) groups excluding carboxylic acids is 1. The number of carbonyl (C=O) groups is 1. The molecular weight excluding hydrogens is 1130 g/mol. The highest BCUT2D eigenvalue weighted by Gasteiger charge is 2.49. The molecule has 4 aromatic heterocycles. The first-order valence-corrected chi connectivity index (χ1v) is 34.0. The van der Waals surface area contributed by atoms with E-state index < -0.39 is 72.8 Å². The number of ether oxygens (including phenoxy) is 1. The fourth-order valence-corrected chi connectivity index (χ4v) is 9.45. The number of fused-ring (bicyclic) bond motifs is 2. The average molecular weight is 1210 g/mol. The van der Waals surface area contributed by atoms with Gasteiger partial charge in [-0.15, -0.1) is 6.42 Å². The van der Waals surface area contributed by atoms with Crippen molar-refractivity contribution in [2.45, 2.75) is 164 Å². The molecule has 0 aliphatic heterocycles. The van der Waals surface area contributed by atoms with E-state index >= 15 is 0 Å². The minimum absolute atomic E-state index is 0.0333. The molecule has 0 unspecified atom stereocenters. The minimum atomic E-state index is -6.11. The zero-order valence-corrected chi connectivity index (χ0v) is 53.5. The van der Waals surface area contributed by atoms with Crippen LogP contribution in [0.4, 0.5) is 13.2 Å². The van der Waals surface area contributed by atoms with Gasteiger partial charge in [-0.3, -0.25) is 32.7 Å². The van der Waals surface area contributed by atoms with Crippen LogP contribution in [0.2, 0.25) is 36.3 Å². The van der Waals surface area contributed by atoms with Gasteiger partial charge in [-0.2, -0.15) is 21.6 Å². The predicted octanol–water partition coefficient (Wildman–Crippen LogP) is 9.26. The van der Waals surface area contributed by atoms with Gasteiger partial charge in [0, 0.05) is 50.8 Å². The van der Waals surface area contributed by atoms with Gasteiger partial charge in [0.2, 0.25) is 0 Å². The molecule has 0 saturated heterocycles. The maximum Gasteiger partial charge on any atom is 0.534 e. The molecule has 0 fully saturated rings. The number of alkyl halides is 3. The number of aryl methyl sites for hydroxylation is 1. The fraction of sp³-hybridized carbons (Fsp3) is 0.500. The van der Waals surface area contributed by atoms with Gasteiger partial charge in [0.05, 0.1) is 13.2 Å². The van der Waals surface area contributed by atoms with Crippen molar-refractivity contribution >= 4 is 55.0 Å². The Morgan fingerprint density at radius 3 is 1.52 bits per heavy atom. The second-order valence-electron chi connectivity index (χ2n) is 23.6. The summed E-state index contributed by atoms with van der Waals surface area (Å²) >= 11 is 0. The monoisotopic (exact) mass is 1210 g/mol. The van der Waals surface area contributed by atoms with Crippen molar-refractivity contribution in [3.63, 3.8) is 0 Å². The van der Waals surface area contributed by atoms with E-state index in [2.05, 4.69) is 83.8 Å². The largest absolute Gasteiger partial charge is 0.534 e. The van der Waals surface area contributed by atoms with E-state index in [0.29, 0.717) is 28.1 Å². The van der Waals surface area contributed by atoms with Crippen LogP contribution in [-0.4, -0.2) is 74.7 Å². The number of halogens is 3. The molecule has 0 aliphatic rings. The van der Waals surface area contributed by atoms with E-state index in [4.69, 9.17) is 25.0 Å². The number of benzene rings is 2. The van der Waals surface area contributed by atoms with E-state index in [9.17, 15) is 45.6 Å². The first kappa shape index (κ1) is 68.5. The standard InChI is InChI=1S/C29H38N4O5Si.C19H29F3N4O6SSi.C10H10/c1-19(2)16-33-26-25(27(35)32(7)28(33)36)30-23(24(31-26)18-38-39(8,9)29(4,5)6)15-14-21-12-10-11-13-22(21)17-37-20(3)34;1-11(2)9-26-14-13(16(27)25(6)17(26)28)24-15(32-33(29,30)19(20,21)22)12(23-14)10-31-34(7,8)18(3,4)5;1-3-9-7-5-6-8-10(9)4-2/h10-13,19H,16-18H2,1-9H3;11H,9-10H2,1-8H3;1,5-8H,4H2,2H3. The molecule has 0 amide bonds. The molecule has 83 heavy (non-hydrogen) atoms. The molecule has 0 saturated carbocycles. The summed E-state index contributed by atoms with van der Waals surface area (Å²) in [4.78, 5) is 80.2. The van der Waals surface area contributed by atoms with Gasteiger partial charge in [-0.1, -0.05) is 124 Å². The Morgan fingerprint density at radius 1 is 0.663 bits per heavy atom. The van der Waals surface area contributed by atoms with Crippen LogP contribution in [0.15, 0.2) is 67.7 Å². The highest BCUT2D eigenvalue weighted by Crippen LogP contribution is 2.39. The number of nitrogens with zero attached hydrogens (tertiary/aromatic N) is 8. The second-order valence-corrected chi connectivity index (χ2v) is 34.7. The van der Waals surface area contributed by atoms with Gasteiger partial charge in [0.1, 0.15) is 23.7 Å². The highest BCUT2D eigenvalue weighted by molar-refractivity contribution is 7.88. The Kier molecular flexibility index (Phi) is 22.4. The third-order valence-corrected chi connectivity index (χ3v) is 24.0. The molecule has 2 aromatic carbocycles. The van der Waals surface area contributed by atoms with E-state index in [-0.39, 0.29) is 70.1 Å². The van der Waals surface area contributed by atoms with E-state index in [1.165, 1.54) is 31.1 Å². The maximum atomic E-state index is 13.1. The lowest BCUT2D eigenvalue weighted by Gasteiger charge is -2.36. The number of hydrogen-bond donors (Lipinski definition) is 0. The average Bonchev–Trinajstić information content (AvgIpc) is 3.60. The van der Waals surface area contributed by atoms with Crippen LogP contribution >= 0.6 is 0 Å². The molecule has 0 N–H and O–H groups in total. The topological polar surface area (TPSA) is 228 Å². The first-order valence-electron chi connectivity index (χ1n) is 26.8. The summed E-state index contributed by atoms with van der Waals surface area (Å²) in [6, 6.07) is 15.4. The van der Waals surface area contributed by atoms with Crippen molar-refractivity contribution in [2.24, 2.45) is 25.9 Å². The number of hydrogen-bond acceptors (Lipinski definition) is 15. The third-order valence-electron chi connectivity index (χ3n) is 14.1. The number of terminal acetylenes is 1. The zero-order chi connectivity index (χ0) is 63.0. The normalized spacial score (nSPS) is 12.3. The van der Waals surface area contributed by atoms with Gasteiger partial charge in [0.15, 0.2) is 39.0 Å². The van der Waals surface area contributed by atoms with Crippen LogP contribution in [-0.2, 0) is 81.9 Å². The number of esters is 1. The Hall–Kier alpha value is -7.04. The molecule has 0 aliphatic carbocycles. The van der Waals surface area contributed by atoms with Crippen LogP contribution in [0, 0.1) is 36.0 Å². The van der Waals surface area contributed by atoms with E-state index in [1.807, 2.05) is 104 Å². The summed E-state index contributed by atoms with van der Waals surface area (Å²) in [5.41, 5.74) is -4.71. The summed E-state index contributed by atoms with van der Waals surface area (Å²) in [6.07, 6.45) is 6.29. The summed E-state index contributed by atoms with van der Waals surface area (Å²) in [6.45, 7) is 31.6. The molecular formula is C58H77F3N8O11SSi2. The van der Waals surface area contributed by atoms with Crippen molar-refractivity contribution in [2.75, 3.05) is 0 Å². The van der Waals surface area contributed by atoms with Gasteiger partial charge >= 0.3 is 33.0 Å². The Labute approximate surface area is 485 Å². The van der Waals surface area contributed by atoms with Crippen molar-refractivity contribution in [3.8, 4) is 30.1 Å². The molecule has 0 bridgehead atoms. The molecule has 6 rings (SSSR count). The van der Waals surface area contributed by atoms with Crippen LogP contribution < -0.4 is 26.7 Å². The highest BCUT2D eigenvalue weighted by atomic mass is 32.2. The van der Waals surface area contributed by atoms with Crippen molar-refractivity contribution < 1.29 is 44.2 Å².